The van der Waals surface area contributed by atoms with Crippen LogP contribution in [0.5, 0.6) is 5.75 Å². The third-order valence-electron chi connectivity index (χ3n) is 5.51. The number of ketones is 1. The SMILES string of the molecule is CCOC(=O)c1c(NC(=O)CSc2nc(-c3ccccc3)nc3ccc(OCC)cc23)sc(C(C)=O)c1C. The number of aromatic nitrogens is 2. The Bertz CT molecular complexity index is 1500. The molecule has 8 nitrogen and oxygen atoms in total. The Labute approximate surface area is 228 Å². The molecule has 196 valence electrons. The second-order valence-electron chi connectivity index (χ2n) is 8.20. The molecule has 1 amide bonds. The molecule has 0 radical (unpaired) electrons. The van der Waals surface area contributed by atoms with Gasteiger partial charge in [-0.3, -0.25) is 9.59 Å². The van der Waals surface area contributed by atoms with Crippen molar-refractivity contribution >= 4 is 56.7 Å². The van der Waals surface area contributed by atoms with E-state index in [0.717, 1.165) is 27.8 Å². The van der Waals surface area contributed by atoms with Crippen molar-refractivity contribution in [3.8, 4) is 17.1 Å². The Kier molecular flexibility index (Phi) is 8.75. The van der Waals surface area contributed by atoms with Gasteiger partial charge in [0.05, 0.1) is 34.9 Å². The predicted octanol–water partition coefficient (Wildman–Crippen LogP) is 6.18. The van der Waals surface area contributed by atoms with E-state index in [-0.39, 0.29) is 29.6 Å². The number of benzene rings is 2. The zero-order chi connectivity index (χ0) is 27.2. The molecule has 4 rings (SSSR count). The largest absolute Gasteiger partial charge is 0.494 e. The van der Waals surface area contributed by atoms with Crippen LogP contribution in [0.2, 0.25) is 0 Å². The maximum absolute atomic E-state index is 13.0. The minimum atomic E-state index is -0.575. The molecule has 2 aromatic heterocycles. The van der Waals surface area contributed by atoms with Gasteiger partial charge < -0.3 is 14.8 Å². The van der Waals surface area contributed by atoms with Crippen molar-refractivity contribution in [2.45, 2.75) is 32.7 Å². The molecule has 2 aromatic carbocycles. The van der Waals surface area contributed by atoms with Crippen molar-refractivity contribution in [2.24, 2.45) is 0 Å². The van der Waals surface area contributed by atoms with Gasteiger partial charge in [-0.1, -0.05) is 42.1 Å². The van der Waals surface area contributed by atoms with Gasteiger partial charge in [0.1, 0.15) is 15.8 Å². The summed E-state index contributed by atoms with van der Waals surface area (Å²) in [6.45, 7) is 7.42. The molecule has 0 saturated carbocycles. The van der Waals surface area contributed by atoms with E-state index in [4.69, 9.17) is 19.4 Å². The van der Waals surface area contributed by atoms with Gasteiger partial charge in [-0.25, -0.2) is 14.8 Å². The average molecular weight is 550 g/mol. The quantitative estimate of drug-likeness (QED) is 0.108. The lowest BCUT2D eigenvalue weighted by molar-refractivity contribution is -0.113. The van der Waals surface area contributed by atoms with Crippen LogP contribution in [0, 0.1) is 6.92 Å². The molecule has 0 fully saturated rings. The molecule has 0 saturated heterocycles. The third-order valence-corrected chi connectivity index (χ3v) is 7.81. The van der Waals surface area contributed by atoms with Gasteiger partial charge in [-0.05, 0) is 51.5 Å². The number of fused-ring (bicyclic) bond motifs is 1. The molecule has 4 aromatic rings. The lowest BCUT2D eigenvalue weighted by Gasteiger charge is -2.11. The number of carbonyl (C=O) groups is 3. The van der Waals surface area contributed by atoms with Crippen LogP contribution in [0.1, 0.15) is 46.4 Å². The van der Waals surface area contributed by atoms with Crippen molar-refractivity contribution < 1.29 is 23.9 Å². The summed E-state index contributed by atoms with van der Waals surface area (Å²) in [6.07, 6.45) is 0. The minimum absolute atomic E-state index is 0.0217. The van der Waals surface area contributed by atoms with Crippen molar-refractivity contribution in [3.05, 3.63) is 64.5 Å². The number of thiophene rings is 1. The van der Waals surface area contributed by atoms with E-state index < -0.39 is 5.97 Å². The van der Waals surface area contributed by atoms with Crippen LogP contribution in [0.15, 0.2) is 53.6 Å². The number of hydrogen-bond acceptors (Lipinski definition) is 9. The molecule has 10 heteroatoms. The number of hydrogen-bond donors (Lipinski definition) is 1. The Morgan fingerprint density at radius 1 is 1.03 bits per heavy atom. The van der Waals surface area contributed by atoms with Crippen molar-refractivity contribution in [1.29, 1.82) is 0 Å². The first-order chi connectivity index (χ1) is 18.3. The lowest BCUT2D eigenvalue weighted by Crippen LogP contribution is -2.16. The number of anilines is 1. The zero-order valence-electron chi connectivity index (χ0n) is 21.5. The topological polar surface area (TPSA) is 107 Å². The number of thioether (sulfide) groups is 1. The van der Waals surface area contributed by atoms with Gasteiger partial charge in [0.2, 0.25) is 5.91 Å². The maximum atomic E-state index is 13.0. The van der Waals surface area contributed by atoms with Crippen LogP contribution < -0.4 is 10.1 Å². The second kappa shape index (κ2) is 12.2. The molecule has 0 aliphatic rings. The number of ether oxygens (including phenoxy) is 2. The van der Waals surface area contributed by atoms with Crippen LogP contribution in [0.3, 0.4) is 0 Å². The molecule has 0 aliphatic heterocycles. The van der Waals surface area contributed by atoms with E-state index >= 15 is 0 Å². The van der Waals surface area contributed by atoms with Crippen LogP contribution >= 0.6 is 23.1 Å². The van der Waals surface area contributed by atoms with Crippen molar-refractivity contribution in [2.75, 3.05) is 24.3 Å². The van der Waals surface area contributed by atoms with E-state index in [0.29, 0.717) is 38.6 Å². The molecule has 1 N–H and O–H groups in total. The fraction of sp³-hybridized carbons (Fsp3) is 0.250. The molecule has 0 atom stereocenters. The van der Waals surface area contributed by atoms with Gasteiger partial charge in [0, 0.05) is 10.9 Å². The normalized spacial score (nSPS) is 10.8. The standard InChI is InChI=1S/C28H27N3O5S2/c1-5-35-19-12-13-21-20(14-19)26(31-25(29-21)18-10-8-7-9-11-18)37-15-22(33)30-27-23(28(34)36-6-2)16(3)24(38-27)17(4)32/h7-14H,5-6,15H2,1-4H3,(H,30,33). The van der Waals surface area contributed by atoms with E-state index in [1.165, 1.54) is 18.7 Å². The van der Waals surface area contributed by atoms with Crippen LogP contribution in [0.25, 0.3) is 22.3 Å². The second-order valence-corrected chi connectivity index (χ2v) is 10.2. The number of amides is 1. The molecule has 0 spiro atoms. The maximum Gasteiger partial charge on any atom is 0.341 e. The molecule has 0 aliphatic carbocycles. The number of esters is 1. The lowest BCUT2D eigenvalue weighted by atomic mass is 10.1. The number of rotatable bonds is 10. The molecular formula is C28H27N3O5S2. The minimum Gasteiger partial charge on any atom is -0.494 e. The molecule has 38 heavy (non-hydrogen) atoms. The number of nitrogens with one attached hydrogen (secondary N) is 1. The zero-order valence-corrected chi connectivity index (χ0v) is 23.1. The molecular weight excluding hydrogens is 522 g/mol. The van der Waals surface area contributed by atoms with Crippen molar-refractivity contribution in [3.63, 3.8) is 0 Å². The van der Waals surface area contributed by atoms with Gasteiger partial charge in [0.15, 0.2) is 11.6 Å². The smallest absolute Gasteiger partial charge is 0.341 e. The van der Waals surface area contributed by atoms with Crippen LogP contribution in [-0.2, 0) is 9.53 Å². The third kappa shape index (κ3) is 6.03. The highest BCUT2D eigenvalue weighted by Crippen LogP contribution is 2.35. The fourth-order valence-corrected chi connectivity index (χ4v) is 5.76. The highest BCUT2D eigenvalue weighted by Gasteiger charge is 2.25. The van der Waals surface area contributed by atoms with E-state index in [9.17, 15) is 14.4 Å². The first-order valence-corrected chi connectivity index (χ1v) is 13.9. The summed E-state index contributed by atoms with van der Waals surface area (Å²) in [5, 5.41) is 4.50. The first kappa shape index (κ1) is 27.3. The molecule has 0 unspecified atom stereocenters. The summed E-state index contributed by atoms with van der Waals surface area (Å²) in [6, 6.07) is 15.2. The number of nitrogens with zero attached hydrogens (tertiary/aromatic N) is 2. The Morgan fingerprint density at radius 2 is 1.79 bits per heavy atom. The summed E-state index contributed by atoms with van der Waals surface area (Å²) in [4.78, 5) is 47.6. The van der Waals surface area contributed by atoms with Crippen LogP contribution in [-0.4, -0.2) is 46.6 Å². The van der Waals surface area contributed by atoms with Gasteiger partial charge in [-0.15, -0.1) is 11.3 Å². The molecule has 2 heterocycles. The van der Waals surface area contributed by atoms with Crippen molar-refractivity contribution in [1.82, 2.24) is 9.97 Å². The van der Waals surface area contributed by atoms with Crippen LogP contribution in [0.4, 0.5) is 5.00 Å². The number of carbonyl (C=O) groups excluding carboxylic acids is 3. The number of Topliss-reactive ketones (excluding diaryl/α,β-unsaturated/α-hetero) is 1. The van der Waals surface area contributed by atoms with E-state index in [2.05, 4.69) is 5.32 Å². The van der Waals surface area contributed by atoms with Gasteiger partial charge in [-0.2, -0.15) is 0 Å². The van der Waals surface area contributed by atoms with Gasteiger partial charge >= 0.3 is 5.97 Å². The first-order valence-electron chi connectivity index (χ1n) is 12.1. The predicted molar refractivity (Wildman–Crippen MR) is 151 cm³/mol. The summed E-state index contributed by atoms with van der Waals surface area (Å²) in [5.41, 5.74) is 2.30. The Hall–Kier alpha value is -3.76. The van der Waals surface area contributed by atoms with E-state index in [1.807, 2.05) is 55.5 Å². The summed E-state index contributed by atoms with van der Waals surface area (Å²) < 4.78 is 10.8. The summed E-state index contributed by atoms with van der Waals surface area (Å²) in [5.74, 6) is 0.162. The average Bonchev–Trinajstić information content (AvgIpc) is 3.23. The molecule has 0 bridgehead atoms. The van der Waals surface area contributed by atoms with Gasteiger partial charge in [0.25, 0.3) is 0 Å². The Morgan fingerprint density at radius 3 is 2.47 bits per heavy atom. The highest BCUT2D eigenvalue weighted by atomic mass is 32.2. The highest BCUT2D eigenvalue weighted by molar-refractivity contribution is 8.00. The summed E-state index contributed by atoms with van der Waals surface area (Å²) >= 11 is 2.33. The fourth-order valence-electron chi connectivity index (χ4n) is 3.85. The van der Waals surface area contributed by atoms with E-state index in [1.54, 1.807) is 13.8 Å². The Balaban J connectivity index is 1.63. The monoisotopic (exact) mass is 549 g/mol. The summed E-state index contributed by atoms with van der Waals surface area (Å²) in [7, 11) is 0.